The van der Waals surface area contributed by atoms with Gasteiger partial charge in [-0.1, -0.05) is 121 Å². The highest BCUT2D eigenvalue weighted by molar-refractivity contribution is 6.22. The van der Waals surface area contributed by atoms with Crippen LogP contribution in [0.3, 0.4) is 0 Å². The highest BCUT2D eigenvalue weighted by Gasteiger charge is 2.25. The van der Waals surface area contributed by atoms with Gasteiger partial charge in [0.05, 0.1) is 22.2 Å². The quantitative estimate of drug-likeness (QED) is 0.185. The fourth-order valence-electron chi connectivity index (χ4n) is 7.95. The molecule has 0 spiro atoms. The van der Waals surface area contributed by atoms with Crippen molar-refractivity contribution in [3.63, 3.8) is 0 Å². The van der Waals surface area contributed by atoms with Crippen molar-refractivity contribution in [1.82, 2.24) is 14.0 Å². The minimum Gasteiger partial charge on any atom is -0.454 e. The zero-order chi connectivity index (χ0) is 30.6. The maximum absolute atomic E-state index is 6.67. The zero-order valence-electron chi connectivity index (χ0n) is 25.2. The third kappa shape index (κ3) is 3.23. The van der Waals surface area contributed by atoms with Gasteiger partial charge in [-0.2, -0.15) is 0 Å². The second-order valence-electron chi connectivity index (χ2n) is 12.3. The Morgan fingerprint density at radius 2 is 1.11 bits per heavy atom. The molecule has 0 radical (unpaired) electrons. The molecule has 0 N–H and O–H groups in total. The van der Waals surface area contributed by atoms with Crippen LogP contribution >= 0.6 is 0 Å². The first-order chi connectivity index (χ1) is 23.3. The minimum absolute atomic E-state index is 0.863. The van der Waals surface area contributed by atoms with E-state index in [2.05, 4.69) is 148 Å². The summed E-state index contributed by atoms with van der Waals surface area (Å²) in [6, 6.07) is 54.1. The average Bonchev–Trinajstić information content (AvgIpc) is 3.79. The SMILES string of the molecule is c1ccc2c(-c3c4ccccc4c(-n4c5ccc6c7ccccc7oc6c5n5c6ccccc6nc45)c4ccccc34)cccc2c1. The molecule has 0 unspecified atom stereocenters. The first kappa shape index (κ1) is 24.9. The third-order valence-electron chi connectivity index (χ3n) is 9.89. The van der Waals surface area contributed by atoms with Gasteiger partial charge in [0.25, 0.3) is 0 Å². The van der Waals surface area contributed by atoms with Crippen molar-refractivity contribution >= 4 is 82.1 Å². The van der Waals surface area contributed by atoms with Gasteiger partial charge >= 0.3 is 0 Å². The van der Waals surface area contributed by atoms with Gasteiger partial charge in [-0.25, -0.2) is 4.98 Å². The zero-order valence-corrected chi connectivity index (χ0v) is 25.2. The van der Waals surface area contributed by atoms with Crippen molar-refractivity contribution in [3.05, 3.63) is 152 Å². The Bertz CT molecular complexity index is 3020. The molecule has 11 rings (SSSR count). The number of benzene rings is 8. The number of rotatable bonds is 2. The van der Waals surface area contributed by atoms with Crippen LogP contribution in [0.5, 0.6) is 0 Å². The van der Waals surface area contributed by atoms with Crippen LogP contribution in [-0.4, -0.2) is 14.0 Å². The van der Waals surface area contributed by atoms with E-state index in [1.54, 1.807) is 0 Å². The van der Waals surface area contributed by atoms with Gasteiger partial charge in [-0.05, 0) is 63.0 Å². The van der Waals surface area contributed by atoms with E-state index >= 15 is 0 Å². The summed E-state index contributed by atoms with van der Waals surface area (Å²) in [7, 11) is 0. The van der Waals surface area contributed by atoms with Crippen molar-refractivity contribution in [3.8, 4) is 16.8 Å². The molecule has 11 aromatic rings. The highest BCUT2D eigenvalue weighted by Crippen LogP contribution is 2.46. The van der Waals surface area contributed by atoms with Crippen LogP contribution in [0.1, 0.15) is 0 Å². The lowest BCUT2D eigenvalue weighted by atomic mass is 9.88. The molecule has 4 nitrogen and oxygen atoms in total. The van der Waals surface area contributed by atoms with Crippen molar-refractivity contribution in [2.24, 2.45) is 0 Å². The van der Waals surface area contributed by atoms with E-state index in [-0.39, 0.29) is 0 Å². The summed E-state index contributed by atoms with van der Waals surface area (Å²) in [5.74, 6) is 0.863. The number of hydrogen-bond donors (Lipinski definition) is 0. The van der Waals surface area contributed by atoms with Crippen LogP contribution in [0.25, 0.3) is 98.9 Å². The number of furan rings is 1. The maximum Gasteiger partial charge on any atom is 0.220 e. The molecule has 0 aliphatic carbocycles. The molecular weight excluding hydrogens is 574 g/mol. The van der Waals surface area contributed by atoms with E-state index in [9.17, 15) is 0 Å². The number of hydrogen-bond acceptors (Lipinski definition) is 2. The van der Waals surface area contributed by atoms with Crippen LogP contribution in [0.4, 0.5) is 0 Å². The molecule has 0 saturated heterocycles. The molecule has 0 fully saturated rings. The second kappa shape index (κ2) is 9.09. The minimum atomic E-state index is 0.863. The predicted octanol–water partition coefficient (Wildman–Crippen LogP) is 11.5. The van der Waals surface area contributed by atoms with Crippen molar-refractivity contribution in [1.29, 1.82) is 0 Å². The van der Waals surface area contributed by atoms with Crippen molar-refractivity contribution < 1.29 is 4.42 Å². The summed E-state index contributed by atoms with van der Waals surface area (Å²) in [6.45, 7) is 0. The van der Waals surface area contributed by atoms with E-state index in [1.807, 2.05) is 12.1 Å². The molecule has 0 bridgehead atoms. The van der Waals surface area contributed by atoms with E-state index in [0.29, 0.717) is 0 Å². The summed E-state index contributed by atoms with van der Waals surface area (Å²) in [6.07, 6.45) is 0. The summed E-state index contributed by atoms with van der Waals surface area (Å²) < 4.78 is 11.3. The van der Waals surface area contributed by atoms with Crippen LogP contribution < -0.4 is 0 Å². The molecule has 47 heavy (non-hydrogen) atoms. The lowest BCUT2D eigenvalue weighted by molar-refractivity contribution is 0.671. The molecule has 0 atom stereocenters. The monoisotopic (exact) mass is 599 g/mol. The smallest absolute Gasteiger partial charge is 0.220 e. The fourth-order valence-corrected chi connectivity index (χ4v) is 7.95. The highest BCUT2D eigenvalue weighted by atomic mass is 16.3. The molecule has 218 valence electrons. The molecule has 4 heteroatoms. The first-order valence-electron chi connectivity index (χ1n) is 16.0. The second-order valence-corrected chi connectivity index (χ2v) is 12.3. The number of para-hydroxylation sites is 3. The summed E-state index contributed by atoms with van der Waals surface area (Å²) in [4.78, 5) is 5.31. The van der Waals surface area contributed by atoms with Crippen LogP contribution in [0.2, 0.25) is 0 Å². The largest absolute Gasteiger partial charge is 0.454 e. The maximum atomic E-state index is 6.67. The normalized spacial score (nSPS) is 12.3. The number of nitrogens with zero attached hydrogens (tertiary/aromatic N) is 3. The van der Waals surface area contributed by atoms with Crippen LogP contribution in [0.15, 0.2) is 156 Å². The molecule has 8 aromatic carbocycles. The molecular formula is C43H25N3O. The van der Waals surface area contributed by atoms with Crippen molar-refractivity contribution in [2.45, 2.75) is 0 Å². The lowest BCUT2D eigenvalue weighted by Crippen LogP contribution is -2.00. The Labute approximate surface area is 268 Å². The molecule has 3 aromatic heterocycles. The fraction of sp³-hybridized carbons (Fsp3) is 0. The average molecular weight is 600 g/mol. The Balaban J connectivity index is 1.37. The molecule has 0 aliphatic heterocycles. The Morgan fingerprint density at radius 3 is 1.91 bits per heavy atom. The number of aromatic nitrogens is 3. The lowest BCUT2D eigenvalue weighted by Gasteiger charge is -2.19. The topological polar surface area (TPSA) is 35.4 Å². The standard InChI is InChI=1S/C43H25N3O/c1-2-14-27-26(12-1)13-11-20-29(27)39-30-16-3-5-18-32(30)40(33-19-6-4-17-31(33)39)46-37-25-24-34-28-15-7-10-23-38(28)47-42(34)41(37)45-36-22-9-8-21-35(36)44-43(45)46/h1-25H. The summed E-state index contributed by atoms with van der Waals surface area (Å²) >= 11 is 0. The van der Waals surface area contributed by atoms with Gasteiger partial charge in [0.2, 0.25) is 5.78 Å². The van der Waals surface area contributed by atoms with Gasteiger partial charge in [0.1, 0.15) is 11.1 Å². The van der Waals surface area contributed by atoms with Gasteiger partial charge in [0, 0.05) is 21.5 Å². The Kier molecular flexibility index (Phi) is 4.81. The van der Waals surface area contributed by atoms with Gasteiger partial charge in [-0.3, -0.25) is 8.97 Å². The number of fused-ring (bicyclic) bond motifs is 12. The van der Waals surface area contributed by atoms with E-state index < -0.39 is 0 Å². The van der Waals surface area contributed by atoms with Gasteiger partial charge in [0.15, 0.2) is 5.58 Å². The van der Waals surface area contributed by atoms with E-state index in [4.69, 9.17) is 9.40 Å². The predicted molar refractivity (Wildman–Crippen MR) is 195 cm³/mol. The van der Waals surface area contributed by atoms with Crippen LogP contribution in [-0.2, 0) is 0 Å². The summed E-state index contributed by atoms with van der Waals surface area (Å²) in [5.41, 5.74) is 9.44. The number of imidazole rings is 2. The molecule has 3 heterocycles. The Morgan fingerprint density at radius 1 is 0.468 bits per heavy atom. The van der Waals surface area contributed by atoms with Gasteiger partial charge in [-0.15, -0.1) is 0 Å². The van der Waals surface area contributed by atoms with Crippen LogP contribution in [0, 0.1) is 0 Å². The summed E-state index contributed by atoms with van der Waals surface area (Å²) in [5, 5.41) is 9.46. The molecule has 0 amide bonds. The van der Waals surface area contributed by atoms with Crippen molar-refractivity contribution in [2.75, 3.05) is 0 Å². The molecule has 0 aliphatic rings. The molecule has 0 saturated carbocycles. The third-order valence-corrected chi connectivity index (χ3v) is 9.89. The first-order valence-corrected chi connectivity index (χ1v) is 16.0. The van der Waals surface area contributed by atoms with Gasteiger partial charge < -0.3 is 4.42 Å². The van der Waals surface area contributed by atoms with E-state index in [0.717, 1.165) is 55.5 Å². The Hall–Kier alpha value is -6.39. The van der Waals surface area contributed by atoms with E-state index in [1.165, 1.54) is 43.4 Å².